The molecular formula is C5H9N3O. The summed E-state index contributed by atoms with van der Waals surface area (Å²) in [5.74, 6) is 0. The highest BCUT2D eigenvalue weighted by Gasteiger charge is 1.94. The normalized spacial score (nSPS) is 10.0. The summed E-state index contributed by atoms with van der Waals surface area (Å²) < 4.78 is 1.61. The predicted molar refractivity (Wildman–Crippen MR) is 33.9 cm³/mol. The number of aryl methyl sites for hydroxylation is 1. The largest absolute Gasteiger partial charge is 0.325 e. The first-order valence-electron chi connectivity index (χ1n) is 2.69. The SMILES string of the molecule is Cn1[nH]c(=O)cc1CN. The van der Waals surface area contributed by atoms with Gasteiger partial charge in [0, 0.05) is 19.7 Å². The molecule has 0 radical (unpaired) electrons. The molecule has 1 rings (SSSR count). The van der Waals surface area contributed by atoms with Gasteiger partial charge in [-0.15, -0.1) is 0 Å². The molecule has 3 N–H and O–H groups in total. The van der Waals surface area contributed by atoms with Crippen molar-refractivity contribution in [2.75, 3.05) is 0 Å². The smallest absolute Gasteiger partial charge is 0.264 e. The Morgan fingerprint density at radius 3 is 2.78 bits per heavy atom. The molecule has 50 valence electrons. The molecule has 0 aromatic carbocycles. The van der Waals surface area contributed by atoms with Gasteiger partial charge in [-0.3, -0.25) is 14.6 Å². The Hall–Kier alpha value is -1.03. The molecule has 1 heterocycles. The molecule has 0 bridgehead atoms. The van der Waals surface area contributed by atoms with E-state index in [2.05, 4.69) is 5.10 Å². The number of rotatable bonds is 1. The number of hydrogen-bond acceptors (Lipinski definition) is 2. The number of aromatic amines is 1. The van der Waals surface area contributed by atoms with Crippen LogP contribution in [-0.4, -0.2) is 9.78 Å². The van der Waals surface area contributed by atoms with Gasteiger partial charge in [-0.2, -0.15) is 0 Å². The first-order valence-corrected chi connectivity index (χ1v) is 2.69. The van der Waals surface area contributed by atoms with Crippen molar-refractivity contribution in [3.8, 4) is 0 Å². The van der Waals surface area contributed by atoms with Crippen molar-refractivity contribution < 1.29 is 0 Å². The summed E-state index contributed by atoms with van der Waals surface area (Å²) in [5, 5.41) is 2.54. The van der Waals surface area contributed by atoms with Gasteiger partial charge in [-0.25, -0.2) is 0 Å². The first kappa shape index (κ1) is 6.10. The van der Waals surface area contributed by atoms with Gasteiger partial charge in [0.05, 0.1) is 5.69 Å². The van der Waals surface area contributed by atoms with E-state index in [0.717, 1.165) is 5.69 Å². The van der Waals surface area contributed by atoms with Crippen LogP contribution in [0.2, 0.25) is 0 Å². The molecule has 0 saturated heterocycles. The second-order valence-corrected chi connectivity index (χ2v) is 1.87. The van der Waals surface area contributed by atoms with Crippen molar-refractivity contribution in [1.82, 2.24) is 9.78 Å². The molecule has 4 nitrogen and oxygen atoms in total. The lowest BCUT2D eigenvalue weighted by molar-refractivity contribution is 0.705. The zero-order valence-corrected chi connectivity index (χ0v) is 5.22. The van der Waals surface area contributed by atoms with E-state index in [1.165, 1.54) is 6.07 Å². The van der Waals surface area contributed by atoms with Crippen molar-refractivity contribution >= 4 is 0 Å². The molecule has 0 spiro atoms. The predicted octanol–water partition coefficient (Wildman–Crippen LogP) is -0.828. The number of nitrogens with two attached hydrogens (primary N) is 1. The molecule has 0 aliphatic heterocycles. The summed E-state index contributed by atoms with van der Waals surface area (Å²) in [6, 6.07) is 1.49. The van der Waals surface area contributed by atoms with Crippen molar-refractivity contribution in [3.05, 3.63) is 22.1 Å². The fraction of sp³-hybridized carbons (Fsp3) is 0.400. The van der Waals surface area contributed by atoms with Gasteiger partial charge in [-0.05, 0) is 0 Å². The molecule has 0 unspecified atom stereocenters. The van der Waals surface area contributed by atoms with Gasteiger partial charge in [0.15, 0.2) is 0 Å². The minimum absolute atomic E-state index is 0.0991. The van der Waals surface area contributed by atoms with Gasteiger partial charge < -0.3 is 5.73 Å². The van der Waals surface area contributed by atoms with Crippen LogP contribution in [0.15, 0.2) is 10.9 Å². The minimum atomic E-state index is -0.0991. The summed E-state index contributed by atoms with van der Waals surface area (Å²) in [7, 11) is 1.75. The molecule has 1 aromatic rings. The molecule has 0 aliphatic carbocycles. The van der Waals surface area contributed by atoms with Crippen LogP contribution < -0.4 is 11.3 Å². The van der Waals surface area contributed by atoms with E-state index in [4.69, 9.17) is 5.73 Å². The third kappa shape index (κ3) is 1.02. The lowest BCUT2D eigenvalue weighted by atomic mass is 10.4. The van der Waals surface area contributed by atoms with E-state index in [1.54, 1.807) is 11.7 Å². The average molecular weight is 127 g/mol. The van der Waals surface area contributed by atoms with Crippen LogP contribution in [-0.2, 0) is 13.6 Å². The molecule has 4 heteroatoms. The van der Waals surface area contributed by atoms with Crippen LogP contribution >= 0.6 is 0 Å². The van der Waals surface area contributed by atoms with Crippen LogP contribution in [0.25, 0.3) is 0 Å². The number of hydrogen-bond donors (Lipinski definition) is 2. The molecule has 0 aliphatic rings. The lowest BCUT2D eigenvalue weighted by Crippen LogP contribution is -2.04. The van der Waals surface area contributed by atoms with E-state index in [0.29, 0.717) is 6.54 Å². The van der Waals surface area contributed by atoms with Crippen molar-refractivity contribution in [2.24, 2.45) is 12.8 Å². The summed E-state index contributed by atoms with van der Waals surface area (Å²) in [6.07, 6.45) is 0. The maximum absolute atomic E-state index is 10.5. The molecule has 0 fully saturated rings. The number of nitrogens with one attached hydrogen (secondary N) is 1. The van der Waals surface area contributed by atoms with E-state index in [-0.39, 0.29) is 5.56 Å². The maximum Gasteiger partial charge on any atom is 0.264 e. The minimum Gasteiger partial charge on any atom is -0.325 e. The highest BCUT2D eigenvalue weighted by Crippen LogP contribution is 1.86. The fourth-order valence-corrected chi connectivity index (χ4v) is 0.713. The maximum atomic E-state index is 10.5. The number of H-pyrrole nitrogens is 1. The van der Waals surface area contributed by atoms with Crippen LogP contribution in [0.4, 0.5) is 0 Å². The third-order valence-corrected chi connectivity index (χ3v) is 1.22. The second kappa shape index (κ2) is 2.06. The van der Waals surface area contributed by atoms with E-state index >= 15 is 0 Å². The van der Waals surface area contributed by atoms with Crippen LogP contribution in [0, 0.1) is 0 Å². The van der Waals surface area contributed by atoms with Gasteiger partial charge in [-0.1, -0.05) is 0 Å². The quantitative estimate of drug-likeness (QED) is 0.517. The fourth-order valence-electron chi connectivity index (χ4n) is 0.713. The van der Waals surface area contributed by atoms with E-state index in [1.807, 2.05) is 0 Å². The zero-order valence-electron chi connectivity index (χ0n) is 5.22. The summed E-state index contributed by atoms with van der Waals surface area (Å²) in [4.78, 5) is 10.5. The Labute approximate surface area is 52.3 Å². The zero-order chi connectivity index (χ0) is 6.85. The van der Waals surface area contributed by atoms with Crippen LogP contribution in [0.1, 0.15) is 5.69 Å². The average Bonchev–Trinajstić information content (AvgIpc) is 2.10. The highest BCUT2D eigenvalue weighted by molar-refractivity contribution is 4.98. The monoisotopic (exact) mass is 127 g/mol. The second-order valence-electron chi connectivity index (χ2n) is 1.87. The standard InChI is InChI=1S/C5H9N3O/c1-8-4(3-6)2-5(9)7-8/h2H,3,6H2,1H3,(H,7,9). The Morgan fingerprint density at radius 2 is 2.56 bits per heavy atom. The molecular weight excluding hydrogens is 118 g/mol. The number of aromatic nitrogens is 2. The van der Waals surface area contributed by atoms with Gasteiger partial charge >= 0.3 is 0 Å². The Bertz CT molecular complexity index is 247. The molecule has 0 atom stereocenters. The lowest BCUT2D eigenvalue weighted by Gasteiger charge is -1.94. The van der Waals surface area contributed by atoms with E-state index in [9.17, 15) is 4.79 Å². The molecule has 1 aromatic heterocycles. The van der Waals surface area contributed by atoms with Gasteiger partial charge in [0.1, 0.15) is 0 Å². The summed E-state index contributed by atoms with van der Waals surface area (Å²) >= 11 is 0. The van der Waals surface area contributed by atoms with E-state index < -0.39 is 0 Å². The summed E-state index contributed by atoms with van der Waals surface area (Å²) in [5.41, 5.74) is 6.00. The molecule has 0 amide bonds. The third-order valence-electron chi connectivity index (χ3n) is 1.22. The first-order chi connectivity index (χ1) is 4.24. The molecule has 9 heavy (non-hydrogen) atoms. The van der Waals surface area contributed by atoms with Gasteiger partial charge in [0.25, 0.3) is 5.56 Å². The molecule has 0 saturated carbocycles. The van der Waals surface area contributed by atoms with Gasteiger partial charge in [0.2, 0.25) is 0 Å². The van der Waals surface area contributed by atoms with Crippen LogP contribution in [0.5, 0.6) is 0 Å². The number of nitrogens with zero attached hydrogens (tertiary/aromatic N) is 1. The topological polar surface area (TPSA) is 63.8 Å². The van der Waals surface area contributed by atoms with Crippen molar-refractivity contribution in [2.45, 2.75) is 6.54 Å². The van der Waals surface area contributed by atoms with Crippen LogP contribution in [0.3, 0.4) is 0 Å². The Morgan fingerprint density at radius 1 is 1.89 bits per heavy atom. The Balaban J connectivity index is 3.16. The van der Waals surface area contributed by atoms with Crippen molar-refractivity contribution in [1.29, 1.82) is 0 Å². The van der Waals surface area contributed by atoms with Crippen molar-refractivity contribution in [3.63, 3.8) is 0 Å². The highest BCUT2D eigenvalue weighted by atomic mass is 16.1. The summed E-state index contributed by atoms with van der Waals surface area (Å²) in [6.45, 7) is 0.398. The Kier molecular flexibility index (Phi) is 1.40.